The van der Waals surface area contributed by atoms with Crippen molar-refractivity contribution in [2.75, 3.05) is 26.4 Å². The molecular weight excluding hydrogens is 202 g/mol. The molecule has 3 unspecified atom stereocenters. The van der Waals surface area contributed by atoms with E-state index in [1.807, 2.05) is 0 Å². The smallest absolute Gasteiger partial charge is 0.0933 e. The molecule has 3 heteroatoms. The Kier molecular flexibility index (Phi) is 5.07. The SMILES string of the molecule is CCC1CCCCC1NCC1COCCO1. The lowest BCUT2D eigenvalue weighted by molar-refractivity contribution is -0.0877. The van der Waals surface area contributed by atoms with Crippen molar-refractivity contribution in [3.8, 4) is 0 Å². The van der Waals surface area contributed by atoms with Crippen molar-refractivity contribution in [2.24, 2.45) is 5.92 Å². The zero-order chi connectivity index (χ0) is 11.2. The van der Waals surface area contributed by atoms with Gasteiger partial charge in [0.2, 0.25) is 0 Å². The van der Waals surface area contributed by atoms with Crippen LogP contribution in [0.5, 0.6) is 0 Å². The van der Waals surface area contributed by atoms with E-state index >= 15 is 0 Å². The van der Waals surface area contributed by atoms with Crippen LogP contribution in [-0.4, -0.2) is 38.5 Å². The van der Waals surface area contributed by atoms with E-state index in [1.165, 1.54) is 32.1 Å². The molecule has 2 aliphatic rings. The summed E-state index contributed by atoms with van der Waals surface area (Å²) in [6, 6.07) is 0.712. The lowest BCUT2D eigenvalue weighted by atomic mass is 9.83. The molecule has 0 aromatic rings. The number of ether oxygens (including phenoxy) is 2. The van der Waals surface area contributed by atoms with Crippen LogP contribution in [-0.2, 0) is 9.47 Å². The van der Waals surface area contributed by atoms with Gasteiger partial charge in [0.05, 0.1) is 25.9 Å². The Labute approximate surface area is 98.9 Å². The summed E-state index contributed by atoms with van der Waals surface area (Å²) < 4.78 is 11.1. The summed E-state index contributed by atoms with van der Waals surface area (Å²) in [4.78, 5) is 0. The molecule has 1 heterocycles. The Bertz CT molecular complexity index is 192. The van der Waals surface area contributed by atoms with E-state index in [-0.39, 0.29) is 6.10 Å². The molecule has 0 aromatic heterocycles. The van der Waals surface area contributed by atoms with Gasteiger partial charge in [-0.25, -0.2) is 0 Å². The lowest BCUT2D eigenvalue weighted by Gasteiger charge is -2.33. The quantitative estimate of drug-likeness (QED) is 0.796. The maximum absolute atomic E-state index is 5.65. The van der Waals surface area contributed by atoms with Crippen molar-refractivity contribution in [1.29, 1.82) is 0 Å². The van der Waals surface area contributed by atoms with Gasteiger partial charge in [0.25, 0.3) is 0 Å². The van der Waals surface area contributed by atoms with Crippen LogP contribution in [0.1, 0.15) is 39.0 Å². The van der Waals surface area contributed by atoms with Crippen molar-refractivity contribution in [3.05, 3.63) is 0 Å². The summed E-state index contributed by atoms with van der Waals surface area (Å²) in [6.07, 6.45) is 7.12. The zero-order valence-electron chi connectivity index (χ0n) is 10.4. The van der Waals surface area contributed by atoms with Crippen LogP contribution in [0.3, 0.4) is 0 Å². The van der Waals surface area contributed by atoms with Crippen molar-refractivity contribution in [3.63, 3.8) is 0 Å². The molecule has 1 aliphatic carbocycles. The van der Waals surface area contributed by atoms with Gasteiger partial charge in [-0.15, -0.1) is 0 Å². The minimum atomic E-state index is 0.271. The summed E-state index contributed by atoms with van der Waals surface area (Å²) in [5, 5.41) is 3.69. The highest BCUT2D eigenvalue weighted by Crippen LogP contribution is 2.26. The average molecular weight is 227 g/mol. The number of rotatable bonds is 4. The minimum absolute atomic E-state index is 0.271. The molecule has 16 heavy (non-hydrogen) atoms. The summed E-state index contributed by atoms with van der Waals surface area (Å²) in [5.74, 6) is 0.873. The number of hydrogen-bond donors (Lipinski definition) is 1. The molecule has 3 atom stereocenters. The van der Waals surface area contributed by atoms with Gasteiger partial charge >= 0.3 is 0 Å². The second-order valence-electron chi connectivity index (χ2n) is 5.04. The highest BCUT2D eigenvalue weighted by atomic mass is 16.6. The summed E-state index contributed by atoms with van der Waals surface area (Å²) in [5.41, 5.74) is 0. The van der Waals surface area contributed by atoms with Gasteiger partial charge in [0, 0.05) is 12.6 Å². The average Bonchev–Trinajstić information content (AvgIpc) is 2.38. The van der Waals surface area contributed by atoms with Crippen LogP contribution in [0, 0.1) is 5.92 Å². The molecule has 0 aromatic carbocycles. The van der Waals surface area contributed by atoms with Crippen LogP contribution in [0.2, 0.25) is 0 Å². The first kappa shape index (κ1) is 12.3. The minimum Gasteiger partial charge on any atom is -0.376 e. The molecule has 1 saturated heterocycles. The normalized spacial score (nSPS) is 36.2. The lowest BCUT2D eigenvalue weighted by Crippen LogP contribution is -2.45. The van der Waals surface area contributed by atoms with E-state index in [4.69, 9.17) is 9.47 Å². The summed E-state index contributed by atoms with van der Waals surface area (Å²) >= 11 is 0. The first-order chi connectivity index (χ1) is 7.90. The molecule has 0 radical (unpaired) electrons. The van der Waals surface area contributed by atoms with E-state index in [0.717, 1.165) is 32.3 Å². The van der Waals surface area contributed by atoms with E-state index < -0.39 is 0 Å². The number of nitrogens with one attached hydrogen (secondary N) is 1. The molecule has 0 spiro atoms. The predicted molar refractivity (Wildman–Crippen MR) is 64.6 cm³/mol. The second-order valence-corrected chi connectivity index (χ2v) is 5.04. The molecule has 1 aliphatic heterocycles. The standard InChI is InChI=1S/C13H25NO2/c1-2-11-5-3-4-6-13(11)14-9-12-10-15-7-8-16-12/h11-14H,2-10H2,1H3. The molecule has 2 fully saturated rings. The fourth-order valence-electron chi connectivity index (χ4n) is 2.90. The maximum Gasteiger partial charge on any atom is 0.0933 e. The Morgan fingerprint density at radius 1 is 1.19 bits per heavy atom. The molecule has 94 valence electrons. The molecule has 1 N–H and O–H groups in total. The zero-order valence-corrected chi connectivity index (χ0v) is 10.4. The third kappa shape index (κ3) is 3.44. The summed E-state index contributed by atoms with van der Waals surface area (Å²) in [6.45, 7) is 5.55. The van der Waals surface area contributed by atoms with Gasteiger partial charge in [-0.2, -0.15) is 0 Å². The second kappa shape index (κ2) is 6.58. The third-order valence-electron chi connectivity index (χ3n) is 3.93. The van der Waals surface area contributed by atoms with Gasteiger partial charge < -0.3 is 14.8 Å². The van der Waals surface area contributed by atoms with Crippen LogP contribution in [0.4, 0.5) is 0 Å². The Hall–Kier alpha value is -0.120. The molecule has 1 saturated carbocycles. The summed E-state index contributed by atoms with van der Waals surface area (Å²) in [7, 11) is 0. The van der Waals surface area contributed by atoms with Crippen LogP contribution < -0.4 is 5.32 Å². The Morgan fingerprint density at radius 3 is 2.81 bits per heavy atom. The van der Waals surface area contributed by atoms with E-state index in [2.05, 4.69) is 12.2 Å². The van der Waals surface area contributed by atoms with Crippen molar-refractivity contribution >= 4 is 0 Å². The van der Waals surface area contributed by atoms with Crippen molar-refractivity contribution < 1.29 is 9.47 Å². The molecule has 2 rings (SSSR count). The topological polar surface area (TPSA) is 30.5 Å². The van der Waals surface area contributed by atoms with Crippen LogP contribution >= 0.6 is 0 Å². The van der Waals surface area contributed by atoms with Gasteiger partial charge in [0.15, 0.2) is 0 Å². The third-order valence-corrected chi connectivity index (χ3v) is 3.93. The van der Waals surface area contributed by atoms with Crippen LogP contribution in [0.25, 0.3) is 0 Å². The molecule has 0 amide bonds. The highest BCUT2D eigenvalue weighted by molar-refractivity contribution is 4.81. The molecular formula is C13H25NO2. The van der Waals surface area contributed by atoms with Gasteiger partial charge in [-0.3, -0.25) is 0 Å². The van der Waals surface area contributed by atoms with E-state index in [9.17, 15) is 0 Å². The van der Waals surface area contributed by atoms with Crippen LogP contribution in [0.15, 0.2) is 0 Å². The van der Waals surface area contributed by atoms with Crippen molar-refractivity contribution in [1.82, 2.24) is 5.32 Å². The monoisotopic (exact) mass is 227 g/mol. The highest BCUT2D eigenvalue weighted by Gasteiger charge is 2.24. The fourth-order valence-corrected chi connectivity index (χ4v) is 2.90. The Morgan fingerprint density at radius 2 is 2.06 bits per heavy atom. The van der Waals surface area contributed by atoms with Gasteiger partial charge in [0.1, 0.15) is 0 Å². The van der Waals surface area contributed by atoms with Gasteiger partial charge in [-0.1, -0.05) is 26.2 Å². The molecule has 3 nitrogen and oxygen atoms in total. The fraction of sp³-hybridized carbons (Fsp3) is 1.00. The number of hydrogen-bond acceptors (Lipinski definition) is 3. The first-order valence-electron chi connectivity index (χ1n) is 6.83. The Balaban J connectivity index is 1.70. The van der Waals surface area contributed by atoms with E-state index in [1.54, 1.807) is 0 Å². The first-order valence-corrected chi connectivity index (χ1v) is 6.83. The maximum atomic E-state index is 5.65. The van der Waals surface area contributed by atoms with Crippen molar-refractivity contribution in [2.45, 2.75) is 51.2 Å². The predicted octanol–water partition coefficient (Wildman–Crippen LogP) is 1.96. The van der Waals surface area contributed by atoms with E-state index in [0.29, 0.717) is 6.04 Å². The largest absolute Gasteiger partial charge is 0.376 e. The molecule has 0 bridgehead atoms. The van der Waals surface area contributed by atoms with Gasteiger partial charge in [-0.05, 0) is 18.8 Å².